The first kappa shape index (κ1) is 33.3. The molecule has 4 amide bonds. The number of aryl methyl sites for hydroxylation is 2. The second kappa shape index (κ2) is 12.5. The Bertz CT molecular complexity index is 2160. The maximum absolute atomic E-state index is 13.4. The van der Waals surface area contributed by atoms with E-state index in [-0.39, 0.29) is 29.5 Å². The average molecular weight is 699 g/mol. The number of amides is 4. The van der Waals surface area contributed by atoms with Gasteiger partial charge >= 0.3 is 0 Å². The molecule has 12 nitrogen and oxygen atoms in total. The van der Waals surface area contributed by atoms with Crippen LogP contribution in [0.5, 0.6) is 0 Å². The summed E-state index contributed by atoms with van der Waals surface area (Å²) >= 11 is 0. The van der Waals surface area contributed by atoms with Gasteiger partial charge in [0.1, 0.15) is 17.4 Å². The van der Waals surface area contributed by atoms with Crippen LogP contribution in [-0.4, -0.2) is 71.6 Å². The number of carbonyl (C=O) groups is 4. The van der Waals surface area contributed by atoms with Gasteiger partial charge in [-0.15, -0.1) is 0 Å². The SMILES string of the molecule is [C-]#[N+]C1(c2ccc(N(CCOC3(C)CN(c4ccc5c(c4)C(=O)N(C4CCC(=O)NC4=O)C5=O)C3)c3cccc(-c4c(C)noc4C)c3)cc2)CC1. The van der Waals surface area contributed by atoms with E-state index in [1.54, 1.807) is 12.1 Å². The Balaban J connectivity index is 0.961. The monoisotopic (exact) mass is 698 g/mol. The second-order valence-corrected chi connectivity index (χ2v) is 14.4. The van der Waals surface area contributed by atoms with E-state index in [2.05, 4.69) is 74.5 Å². The van der Waals surface area contributed by atoms with Crippen LogP contribution in [0.1, 0.15) is 70.3 Å². The molecule has 0 spiro atoms. The zero-order chi connectivity index (χ0) is 36.4. The highest BCUT2D eigenvalue weighted by Crippen LogP contribution is 2.50. The normalized spacial score (nSPS) is 19.9. The van der Waals surface area contributed by atoms with Crippen molar-refractivity contribution in [1.82, 2.24) is 15.4 Å². The maximum atomic E-state index is 13.4. The molecule has 1 atom stereocenters. The number of benzene rings is 3. The van der Waals surface area contributed by atoms with E-state index in [0.717, 1.165) is 62.9 Å². The number of anilines is 3. The molecule has 4 aromatic rings. The standard InChI is InChI=1S/C40H38N6O6/c1-24-35(25(2)52-43-24)26-6-5-7-30(20-26)45(28-10-8-27(9-11-28)40(41-4)16-17-40)18-19-51-39(3)22-44(23-39)29-12-13-31-32(21-29)38(50)46(37(31)49)33-14-15-34(47)42-36(33)48/h5-13,20-21,33H,14-19,22-23H2,1-3H3,(H,42,47,48). The summed E-state index contributed by atoms with van der Waals surface area (Å²) in [7, 11) is 0. The number of piperidine rings is 1. The molecule has 1 N–H and O–H groups in total. The molecule has 0 radical (unpaired) electrons. The molecule has 1 aromatic heterocycles. The predicted molar refractivity (Wildman–Crippen MR) is 192 cm³/mol. The molecule has 8 rings (SSSR count). The van der Waals surface area contributed by atoms with Crippen LogP contribution in [0, 0.1) is 20.4 Å². The summed E-state index contributed by atoms with van der Waals surface area (Å²) in [4.78, 5) is 59.8. The lowest BCUT2D eigenvalue weighted by atomic mass is 9.94. The summed E-state index contributed by atoms with van der Waals surface area (Å²) in [6.45, 7) is 15.8. The lowest BCUT2D eigenvalue weighted by Crippen LogP contribution is -2.62. The molecule has 1 saturated carbocycles. The minimum Gasteiger partial charge on any atom is -0.370 e. The summed E-state index contributed by atoms with van der Waals surface area (Å²) in [5.74, 6) is -1.32. The predicted octanol–water partition coefficient (Wildman–Crippen LogP) is 5.70. The van der Waals surface area contributed by atoms with E-state index in [0.29, 0.717) is 26.2 Å². The van der Waals surface area contributed by atoms with Gasteiger partial charge in [-0.2, -0.15) is 0 Å². The first-order chi connectivity index (χ1) is 25.0. The number of aromatic nitrogens is 1. The van der Waals surface area contributed by atoms with Gasteiger partial charge in [-0.05, 0) is 87.4 Å². The minimum atomic E-state index is -1.00. The molecule has 264 valence electrons. The van der Waals surface area contributed by atoms with Crippen LogP contribution in [0.15, 0.2) is 71.3 Å². The second-order valence-electron chi connectivity index (χ2n) is 14.4. The summed E-state index contributed by atoms with van der Waals surface area (Å²) in [5, 5.41) is 6.38. The van der Waals surface area contributed by atoms with Crippen LogP contribution in [0.4, 0.5) is 17.1 Å². The molecule has 1 aliphatic carbocycles. The van der Waals surface area contributed by atoms with Gasteiger partial charge in [0.25, 0.3) is 17.4 Å². The van der Waals surface area contributed by atoms with Gasteiger partial charge in [-0.3, -0.25) is 29.4 Å². The van der Waals surface area contributed by atoms with Crippen molar-refractivity contribution in [2.24, 2.45) is 0 Å². The first-order valence-electron chi connectivity index (χ1n) is 17.5. The Labute approximate surface area is 301 Å². The lowest BCUT2D eigenvalue weighted by molar-refractivity contribution is -0.136. The molecule has 4 aliphatic rings. The van der Waals surface area contributed by atoms with Crippen molar-refractivity contribution < 1.29 is 28.4 Å². The Hall–Kier alpha value is -5.80. The van der Waals surface area contributed by atoms with Crippen molar-refractivity contribution in [3.8, 4) is 11.1 Å². The highest BCUT2D eigenvalue weighted by Gasteiger charge is 2.52. The third-order valence-electron chi connectivity index (χ3n) is 10.7. The molecule has 2 saturated heterocycles. The van der Waals surface area contributed by atoms with Crippen molar-refractivity contribution in [3.63, 3.8) is 0 Å². The van der Waals surface area contributed by atoms with Gasteiger partial charge in [0.05, 0.1) is 23.4 Å². The largest absolute Gasteiger partial charge is 0.370 e. The topological polar surface area (TPSA) is 130 Å². The number of fused-ring (bicyclic) bond motifs is 1. The van der Waals surface area contributed by atoms with Gasteiger partial charge in [-0.1, -0.05) is 17.3 Å². The van der Waals surface area contributed by atoms with Gasteiger partial charge < -0.3 is 23.9 Å². The molecular formula is C40H38N6O6. The van der Waals surface area contributed by atoms with Crippen molar-refractivity contribution in [2.45, 2.75) is 63.6 Å². The number of rotatable bonds is 10. The van der Waals surface area contributed by atoms with E-state index in [9.17, 15) is 19.2 Å². The molecule has 3 aliphatic heterocycles. The molecule has 0 bridgehead atoms. The Kier molecular flexibility index (Phi) is 7.99. The van der Waals surface area contributed by atoms with Crippen LogP contribution in [0.2, 0.25) is 0 Å². The minimum absolute atomic E-state index is 0.0736. The van der Waals surface area contributed by atoms with Gasteiger partial charge in [0, 0.05) is 67.1 Å². The number of hydrogen-bond donors (Lipinski definition) is 1. The fourth-order valence-electron chi connectivity index (χ4n) is 7.74. The lowest BCUT2D eigenvalue weighted by Gasteiger charge is -2.49. The number of carbonyl (C=O) groups excluding carboxylic acids is 4. The number of ether oxygens (including phenoxy) is 1. The third-order valence-corrected chi connectivity index (χ3v) is 10.7. The van der Waals surface area contributed by atoms with Crippen molar-refractivity contribution in [2.75, 3.05) is 36.0 Å². The van der Waals surface area contributed by atoms with Crippen molar-refractivity contribution in [3.05, 3.63) is 106 Å². The van der Waals surface area contributed by atoms with Crippen LogP contribution in [0.25, 0.3) is 16.0 Å². The van der Waals surface area contributed by atoms with Crippen LogP contribution < -0.4 is 15.1 Å². The molecule has 4 heterocycles. The van der Waals surface area contributed by atoms with Crippen molar-refractivity contribution >= 4 is 40.7 Å². The van der Waals surface area contributed by atoms with Gasteiger partial charge in [0.15, 0.2) is 0 Å². The molecule has 3 fully saturated rings. The molecule has 1 unspecified atom stereocenters. The number of nitrogens with zero attached hydrogens (tertiary/aromatic N) is 5. The molecule has 3 aromatic carbocycles. The smallest absolute Gasteiger partial charge is 0.262 e. The summed E-state index contributed by atoms with van der Waals surface area (Å²) in [6, 6.07) is 20.7. The molecular weight excluding hydrogens is 660 g/mol. The highest BCUT2D eigenvalue weighted by molar-refractivity contribution is 6.23. The average Bonchev–Trinajstić information content (AvgIpc) is 3.80. The van der Waals surface area contributed by atoms with Crippen LogP contribution in [-0.2, 0) is 19.9 Å². The summed E-state index contributed by atoms with van der Waals surface area (Å²) < 4.78 is 12.0. The summed E-state index contributed by atoms with van der Waals surface area (Å²) in [6.07, 6.45) is 1.97. The van der Waals surface area contributed by atoms with E-state index >= 15 is 0 Å². The highest BCUT2D eigenvalue weighted by atomic mass is 16.5. The van der Waals surface area contributed by atoms with Crippen LogP contribution in [0.3, 0.4) is 0 Å². The van der Waals surface area contributed by atoms with E-state index in [1.165, 1.54) is 0 Å². The first-order valence-corrected chi connectivity index (χ1v) is 17.5. The quantitative estimate of drug-likeness (QED) is 0.164. The van der Waals surface area contributed by atoms with Crippen LogP contribution >= 0.6 is 0 Å². The zero-order valence-electron chi connectivity index (χ0n) is 29.3. The number of imide groups is 2. The Morgan fingerprint density at radius 1 is 0.981 bits per heavy atom. The fourth-order valence-corrected chi connectivity index (χ4v) is 7.74. The number of nitrogens with one attached hydrogen (secondary N) is 1. The van der Waals surface area contributed by atoms with E-state index in [4.69, 9.17) is 15.8 Å². The van der Waals surface area contributed by atoms with E-state index < -0.39 is 35.3 Å². The van der Waals surface area contributed by atoms with E-state index in [1.807, 2.05) is 26.0 Å². The zero-order valence-corrected chi connectivity index (χ0v) is 29.3. The molecule has 52 heavy (non-hydrogen) atoms. The summed E-state index contributed by atoms with van der Waals surface area (Å²) in [5.41, 5.74) is 6.33. The third kappa shape index (κ3) is 5.71. The maximum Gasteiger partial charge on any atom is 0.262 e. The number of hydrogen-bond acceptors (Lipinski definition) is 9. The van der Waals surface area contributed by atoms with Crippen molar-refractivity contribution in [1.29, 1.82) is 0 Å². The van der Waals surface area contributed by atoms with Gasteiger partial charge in [0.2, 0.25) is 11.8 Å². The molecule has 12 heteroatoms. The Morgan fingerprint density at radius 3 is 2.40 bits per heavy atom. The van der Waals surface area contributed by atoms with Gasteiger partial charge in [-0.25, -0.2) is 6.57 Å². The fraction of sp³-hybridized carbons (Fsp3) is 0.350. The Morgan fingerprint density at radius 2 is 1.73 bits per heavy atom.